The molecule has 0 aromatic carbocycles. The van der Waals surface area contributed by atoms with Crippen molar-refractivity contribution in [3.63, 3.8) is 0 Å². The second-order valence-corrected chi connectivity index (χ2v) is 3.43. The Balaban J connectivity index is 2.63. The third-order valence-corrected chi connectivity index (χ3v) is 2.23. The van der Waals surface area contributed by atoms with Crippen molar-refractivity contribution in [1.82, 2.24) is 24.8 Å². The SMILES string of the molecule is CNCC#Cc1nc2c([nH]1)c(=O)[nH]c(=O)n2C. The zero-order valence-electron chi connectivity index (χ0n) is 9.42. The molecule has 7 heteroatoms. The summed E-state index contributed by atoms with van der Waals surface area (Å²) in [5.74, 6) is 5.94. The topological polar surface area (TPSA) is 95.6 Å². The van der Waals surface area contributed by atoms with Gasteiger partial charge in [0.15, 0.2) is 17.0 Å². The molecule has 2 rings (SSSR count). The number of nitrogens with one attached hydrogen (secondary N) is 3. The number of aromatic nitrogens is 4. The summed E-state index contributed by atoms with van der Waals surface area (Å²) in [5.41, 5.74) is -0.436. The lowest BCUT2D eigenvalue weighted by Gasteiger charge is -1.94. The van der Waals surface area contributed by atoms with Crippen LogP contribution in [0.25, 0.3) is 11.2 Å². The van der Waals surface area contributed by atoms with Crippen LogP contribution in [0.1, 0.15) is 5.82 Å². The van der Waals surface area contributed by atoms with Crippen LogP contribution in [0.15, 0.2) is 9.59 Å². The number of hydrogen-bond acceptors (Lipinski definition) is 4. The van der Waals surface area contributed by atoms with Crippen molar-refractivity contribution in [1.29, 1.82) is 0 Å². The largest absolute Gasteiger partial charge is 0.329 e. The van der Waals surface area contributed by atoms with E-state index in [1.165, 1.54) is 11.6 Å². The van der Waals surface area contributed by atoms with Crippen LogP contribution in [0.5, 0.6) is 0 Å². The molecule has 0 saturated carbocycles. The summed E-state index contributed by atoms with van der Waals surface area (Å²) >= 11 is 0. The number of aromatic amines is 2. The maximum Gasteiger partial charge on any atom is 0.329 e. The monoisotopic (exact) mass is 233 g/mol. The molecule has 7 nitrogen and oxygen atoms in total. The minimum Gasteiger partial charge on any atom is -0.325 e. The molecule has 0 saturated heterocycles. The number of H-pyrrole nitrogens is 2. The lowest BCUT2D eigenvalue weighted by Crippen LogP contribution is -2.28. The van der Waals surface area contributed by atoms with Crippen molar-refractivity contribution in [2.75, 3.05) is 13.6 Å². The van der Waals surface area contributed by atoms with Crippen molar-refractivity contribution in [2.24, 2.45) is 7.05 Å². The lowest BCUT2D eigenvalue weighted by atomic mass is 10.5. The quantitative estimate of drug-likeness (QED) is 0.523. The van der Waals surface area contributed by atoms with E-state index in [-0.39, 0.29) is 5.52 Å². The predicted octanol–water partition coefficient (Wildman–Crippen LogP) is -1.48. The van der Waals surface area contributed by atoms with Gasteiger partial charge in [-0.25, -0.2) is 9.78 Å². The first-order chi connectivity index (χ1) is 8.13. The van der Waals surface area contributed by atoms with Crippen molar-refractivity contribution in [2.45, 2.75) is 0 Å². The molecule has 0 amide bonds. The van der Waals surface area contributed by atoms with Gasteiger partial charge in [0.1, 0.15) is 0 Å². The van der Waals surface area contributed by atoms with E-state index in [2.05, 4.69) is 32.1 Å². The molecular formula is C10H11N5O2. The number of imidazole rings is 1. The Kier molecular flexibility index (Phi) is 2.80. The van der Waals surface area contributed by atoms with Gasteiger partial charge < -0.3 is 10.3 Å². The van der Waals surface area contributed by atoms with Crippen LogP contribution in [0.3, 0.4) is 0 Å². The molecule has 3 N–H and O–H groups in total. The summed E-state index contributed by atoms with van der Waals surface area (Å²) in [4.78, 5) is 31.9. The molecule has 0 atom stereocenters. The summed E-state index contributed by atoms with van der Waals surface area (Å²) in [6.45, 7) is 0.520. The van der Waals surface area contributed by atoms with Gasteiger partial charge in [0.2, 0.25) is 0 Å². The highest BCUT2D eigenvalue weighted by Crippen LogP contribution is 2.01. The van der Waals surface area contributed by atoms with Crippen LogP contribution in [-0.2, 0) is 7.05 Å². The van der Waals surface area contributed by atoms with Gasteiger partial charge in [-0.2, -0.15) is 0 Å². The van der Waals surface area contributed by atoms with Crippen molar-refractivity contribution in [3.8, 4) is 11.8 Å². The van der Waals surface area contributed by atoms with Crippen LogP contribution in [0, 0.1) is 11.8 Å². The van der Waals surface area contributed by atoms with Crippen molar-refractivity contribution in [3.05, 3.63) is 26.7 Å². The highest BCUT2D eigenvalue weighted by atomic mass is 16.2. The molecule has 0 spiro atoms. The van der Waals surface area contributed by atoms with Crippen LogP contribution >= 0.6 is 0 Å². The predicted molar refractivity (Wildman–Crippen MR) is 62.8 cm³/mol. The Labute approximate surface area is 95.9 Å². The smallest absolute Gasteiger partial charge is 0.325 e. The number of hydrogen-bond donors (Lipinski definition) is 3. The minimum absolute atomic E-state index is 0.251. The molecule has 88 valence electrons. The van der Waals surface area contributed by atoms with E-state index in [9.17, 15) is 9.59 Å². The zero-order valence-corrected chi connectivity index (χ0v) is 9.42. The van der Waals surface area contributed by atoms with Crippen LogP contribution in [0.4, 0.5) is 0 Å². The van der Waals surface area contributed by atoms with Crippen LogP contribution in [-0.4, -0.2) is 33.1 Å². The fourth-order valence-corrected chi connectivity index (χ4v) is 1.38. The van der Waals surface area contributed by atoms with Gasteiger partial charge in [-0.05, 0) is 13.0 Å². The van der Waals surface area contributed by atoms with Gasteiger partial charge >= 0.3 is 5.69 Å². The third-order valence-electron chi connectivity index (χ3n) is 2.23. The Morgan fingerprint density at radius 1 is 1.41 bits per heavy atom. The highest BCUT2D eigenvalue weighted by Gasteiger charge is 2.08. The molecule has 0 fully saturated rings. The first-order valence-electron chi connectivity index (χ1n) is 4.96. The molecule has 0 aliphatic carbocycles. The summed E-state index contributed by atoms with van der Waals surface area (Å²) < 4.78 is 1.26. The Morgan fingerprint density at radius 3 is 2.88 bits per heavy atom. The van der Waals surface area contributed by atoms with E-state index in [0.717, 1.165) is 0 Å². The molecule has 2 aromatic rings. The van der Waals surface area contributed by atoms with Crippen molar-refractivity contribution >= 4 is 11.2 Å². The third kappa shape index (κ3) is 1.98. The average Bonchev–Trinajstić information content (AvgIpc) is 2.71. The van der Waals surface area contributed by atoms with Crippen LogP contribution in [0.2, 0.25) is 0 Å². The zero-order chi connectivity index (χ0) is 12.4. The Hall–Kier alpha value is -2.33. The molecular weight excluding hydrogens is 222 g/mol. The van der Waals surface area contributed by atoms with Crippen LogP contribution < -0.4 is 16.6 Å². The average molecular weight is 233 g/mol. The van der Waals surface area contributed by atoms with Gasteiger partial charge in [0.05, 0.1) is 6.54 Å². The van der Waals surface area contributed by atoms with Gasteiger partial charge in [-0.1, -0.05) is 5.92 Å². The maximum atomic E-state index is 11.5. The molecule has 0 aliphatic heterocycles. The number of nitrogens with zero attached hydrogens (tertiary/aromatic N) is 2. The number of rotatable bonds is 1. The molecule has 0 radical (unpaired) electrons. The Bertz CT molecular complexity index is 725. The summed E-state index contributed by atoms with van der Waals surface area (Å²) in [6, 6.07) is 0. The standard InChI is InChI=1S/C10H11N5O2/c1-11-5-3-4-6-12-7-8(13-6)15(2)10(17)14-9(7)16/h11H,5H2,1-2H3,(H,12,13)(H,14,16,17). The first-order valence-corrected chi connectivity index (χ1v) is 4.96. The van der Waals surface area contributed by atoms with E-state index in [4.69, 9.17) is 0 Å². The summed E-state index contributed by atoms with van der Waals surface area (Å²) in [5, 5.41) is 2.87. The molecule has 17 heavy (non-hydrogen) atoms. The van der Waals surface area contributed by atoms with E-state index < -0.39 is 11.2 Å². The second-order valence-electron chi connectivity index (χ2n) is 3.43. The van der Waals surface area contributed by atoms with E-state index in [0.29, 0.717) is 18.0 Å². The van der Waals surface area contributed by atoms with Gasteiger partial charge in [-0.15, -0.1) is 0 Å². The summed E-state index contributed by atoms with van der Waals surface area (Å²) in [7, 11) is 3.31. The fourth-order valence-electron chi connectivity index (χ4n) is 1.38. The van der Waals surface area contributed by atoms with E-state index in [1.54, 1.807) is 7.05 Å². The normalized spacial score (nSPS) is 10.2. The van der Waals surface area contributed by atoms with Gasteiger partial charge in [0.25, 0.3) is 5.56 Å². The molecule has 0 bridgehead atoms. The molecule has 2 heterocycles. The second kappa shape index (κ2) is 4.27. The fraction of sp³-hybridized carbons (Fsp3) is 0.300. The maximum absolute atomic E-state index is 11.5. The van der Waals surface area contributed by atoms with E-state index in [1.807, 2.05) is 0 Å². The first kappa shape index (κ1) is 11.2. The lowest BCUT2D eigenvalue weighted by molar-refractivity contribution is 0.832. The molecule has 2 aromatic heterocycles. The minimum atomic E-state index is -0.497. The number of fused-ring (bicyclic) bond motifs is 1. The van der Waals surface area contributed by atoms with E-state index >= 15 is 0 Å². The van der Waals surface area contributed by atoms with Crippen molar-refractivity contribution < 1.29 is 0 Å². The Morgan fingerprint density at radius 2 is 2.18 bits per heavy atom. The summed E-state index contributed by atoms with van der Waals surface area (Å²) in [6.07, 6.45) is 0. The van der Waals surface area contributed by atoms with Gasteiger partial charge in [-0.3, -0.25) is 14.3 Å². The van der Waals surface area contributed by atoms with Gasteiger partial charge in [0, 0.05) is 7.05 Å². The number of aryl methyl sites for hydroxylation is 1. The highest BCUT2D eigenvalue weighted by molar-refractivity contribution is 5.70. The molecule has 0 aliphatic rings. The molecule has 0 unspecified atom stereocenters.